The van der Waals surface area contributed by atoms with E-state index in [2.05, 4.69) is 29.6 Å². The van der Waals surface area contributed by atoms with E-state index in [9.17, 15) is 14.4 Å². The second kappa shape index (κ2) is 10.1. The quantitative estimate of drug-likeness (QED) is 0.572. The van der Waals surface area contributed by atoms with Crippen LogP contribution in [0.2, 0.25) is 0 Å². The number of carboxylic acid groups (broad SMARTS) is 1. The number of alkyl carbamates (subject to hydrolysis) is 1. The molecule has 2 amide bonds. The maximum Gasteiger partial charge on any atom is 0.407 e. The van der Waals surface area contributed by atoms with Crippen molar-refractivity contribution in [2.45, 2.75) is 43.7 Å². The molecule has 2 atom stereocenters. The number of ether oxygens (including phenoxy) is 2. The minimum atomic E-state index is -0.927. The molecule has 1 saturated carbocycles. The zero-order valence-electron chi connectivity index (χ0n) is 19.5. The molecule has 0 bridgehead atoms. The Hall–Kier alpha value is -3.39. The third-order valence-electron chi connectivity index (χ3n) is 7.15. The molecule has 1 saturated heterocycles. The van der Waals surface area contributed by atoms with E-state index in [4.69, 9.17) is 14.6 Å². The van der Waals surface area contributed by atoms with E-state index in [-0.39, 0.29) is 49.9 Å². The molecule has 0 radical (unpaired) electrons. The van der Waals surface area contributed by atoms with E-state index in [0.29, 0.717) is 13.0 Å². The molecule has 2 N–H and O–H groups in total. The van der Waals surface area contributed by atoms with Gasteiger partial charge < -0.3 is 24.8 Å². The van der Waals surface area contributed by atoms with Gasteiger partial charge in [0.15, 0.2) is 0 Å². The lowest BCUT2D eigenvalue weighted by Gasteiger charge is -2.27. The lowest BCUT2D eigenvalue weighted by Crippen LogP contribution is -2.46. The third-order valence-corrected chi connectivity index (χ3v) is 7.15. The highest BCUT2D eigenvalue weighted by atomic mass is 16.5. The Morgan fingerprint density at radius 1 is 1.00 bits per heavy atom. The Labute approximate surface area is 204 Å². The Morgan fingerprint density at radius 2 is 1.66 bits per heavy atom. The maximum absolute atomic E-state index is 13.1. The number of nitrogens with one attached hydrogen (secondary N) is 1. The first kappa shape index (κ1) is 23.4. The highest BCUT2D eigenvalue weighted by molar-refractivity contribution is 5.83. The summed E-state index contributed by atoms with van der Waals surface area (Å²) in [6.07, 6.45) is 1.16. The summed E-state index contributed by atoms with van der Waals surface area (Å²) < 4.78 is 11.3. The van der Waals surface area contributed by atoms with Gasteiger partial charge in [0.05, 0.1) is 6.42 Å². The van der Waals surface area contributed by atoms with Gasteiger partial charge >= 0.3 is 12.1 Å². The predicted molar refractivity (Wildman–Crippen MR) is 128 cm³/mol. The average molecular weight is 479 g/mol. The molecule has 2 aromatic carbocycles. The van der Waals surface area contributed by atoms with Crippen LogP contribution in [0.1, 0.15) is 42.7 Å². The summed E-state index contributed by atoms with van der Waals surface area (Å²) >= 11 is 0. The minimum absolute atomic E-state index is 0.0152. The highest BCUT2D eigenvalue weighted by Crippen LogP contribution is 2.44. The summed E-state index contributed by atoms with van der Waals surface area (Å²) in [5.41, 5.74) is 4.64. The van der Waals surface area contributed by atoms with Gasteiger partial charge in [-0.15, -0.1) is 0 Å². The Morgan fingerprint density at radius 3 is 2.29 bits per heavy atom. The number of benzene rings is 2. The van der Waals surface area contributed by atoms with Crippen LogP contribution in [-0.4, -0.2) is 66.4 Å². The molecule has 3 aliphatic rings. The van der Waals surface area contributed by atoms with E-state index in [1.54, 1.807) is 4.90 Å². The molecule has 0 aromatic heterocycles. The third kappa shape index (κ3) is 5.03. The number of carboxylic acids is 1. The van der Waals surface area contributed by atoms with E-state index >= 15 is 0 Å². The molecule has 2 fully saturated rings. The predicted octanol–water partition coefficient (Wildman–Crippen LogP) is 3.40. The molecule has 35 heavy (non-hydrogen) atoms. The van der Waals surface area contributed by atoms with Gasteiger partial charge in [-0.05, 0) is 41.5 Å². The Bertz CT molecular complexity index is 1070. The van der Waals surface area contributed by atoms with Crippen LogP contribution >= 0.6 is 0 Å². The molecule has 2 aromatic rings. The van der Waals surface area contributed by atoms with E-state index < -0.39 is 18.2 Å². The first-order valence-corrected chi connectivity index (χ1v) is 12.3. The number of aliphatic carboxylic acids is 1. The number of nitrogens with zero attached hydrogens (tertiary/aromatic N) is 1. The molecule has 8 heteroatoms. The van der Waals surface area contributed by atoms with Crippen LogP contribution in [0, 0.1) is 5.92 Å². The summed E-state index contributed by atoms with van der Waals surface area (Å²) in [7, 11) is 0. The van der Waals surface area contributed by atoms with Crippen LogP contribution in [0.5, 0.6) is 0 Å². The van der Waals surface area contributed by atoms with Crippen molar-refractivity contribution in [3.05, 3.63) is 59.7 Å². The lowest BCUT2D eigenvalue weighted by molar-refractivity contribution is -0.144. The first-order chi connectivity index (χ1) is 17.0. The molecule has 8 nitrogen and oxygen atoms in total. The van der Waals surface area contributed by atoms with Crippen molar-refractivity contribution < 1.29 is 29.0 Å². The molecule has 1 aliphatic heterocycles. The van der Waals surface area contributed by atoms with Gasteiger partial charge in [-0.2, -0.15) is 0 Å². The van der Waals surface area contributed by atoms with Gasteiger partial charge in [-0.1, -0.05) is 48.5 Å². The van der Waals surface area contributed by atoms with Crippen molar-refractivity contribution in [2.24, 2.45) is 5.92 Å². The van der Waals surface area contributed by atoms with Crippen LogP contribution in [0.25, 0.3) is 11.1 Å². The van der Waals surface area contributed by atoms with Crippen LogP contribution in [0.15, 0.2) is 48.5 Å². The molecule has 5 rings (SSSR count). The number of carbonyl (C=O) groups excluding carboxylic acids is 2. The number of amides is 2. The van der Waals surface area contributed by atoms with E-state index in [0.717, 1.165) is 24.0 Å². The molecule has 2 aliphatic carbocycles. The molecule has 184 valence electrons. The van der Waals surface area contributed by atoms with Crippen LogP contribution in [-0.2, 0) is 19.1 Å². The van der Waals surface area contributed by atoms with Crippen LogP contribution in [0.4, 0.5) is 4.79 Å². The second-order valence-corrected chi connectivity index (χ2v) is 9.45. The lowest BCUT2D eigenvalue weighted by atomic mass is 9.98. The minimum Gasteiger partial charge on any atom is -0.481 e. The van der Waals surface area contributed by atoms with Crippen molar-refractivity contribution >= 4 is 18.0 Å². The summed E-state index contributed by atoms with van der Waals surface area (Å²) in [6.45, 7) is 1.12. The Kier molecular flexibility index (Phi) is 6.72. The fraction of sp³-hybridized carbons (Fsp3) is 0.444. The zero-order chi connectivity index (χ0) is 24.4. The first-order valence-electron chi connectivity index (χ1n) is 12.3. The van der Waals surface area contributed by atoms with Crippen molar-refractivity contribution in [3.8, 4) is 11.1 Å². The van der Waals surface area contributed by atoms with Crippen molar-refractivity contribution in [1.82, 2.24) is 10.2 Å². The number of hydrogen-bond acceptors (Lipinski definition) is 5. The summed E-state index contributed by atoms with van der Waals surface area (Å²) in [4.78, 5) is 38.3. The molecule has 0 unspecified atom stereocenters. The van der Waals surface area contributed by atoms with Crippen LogP contribution in [0.3, 0.4) is 0 Å². The summed E-state index contributed by atoms with van der Waals surface area (Å²) in [5, 5.41) is 11.8. The molecule has 1 heterocycles. The summed E-state index contributed by atoms with van der Waals surface area (Å²) in [5.74, 6) is -1.29. The molecular formula is C27H30N2O6. The molecule has 0 spiro atoms. The Balaban J connectivity index is 1.16. The number of carbonyl (C=O) groups is 3. The molecular weight excluding hydrogens is 448 g/mol. The fourth-order valence-corrected chi connectivity index (χ4v) is 5.22. The number of rotatable bonds is 9. The van der Waals surface area contributed by atoms with Crippen molar-refractivity contribution in [1.29, 1.82) is 0 Å². The van der Waals surface area contributed by atoms with Gasteiger partial charge in [0.25, 0.3) is 5.91 Å². The monoisotopic (exact) mass is 478 g/mol. The normalized spacial score (nSPS) is 20.7. The maximum atomic E-state index is 13.1. The topological polar surface area (TPSA) is 105 Å². The van der Waals surface area contributed by atoms with E-state index in [1.807, 2.05) is 24.3 Å². The smallest absolute Gasteiger partial charge is 0.407 e. The van der Waals surface area contributed by atoms with E-state index in [1.165, 1.54) is 11.1 Å². The largest absolute Gasteiger partial charge is 0.481 e. The SMILES string of the molecule is O=C(O)CCN(C(=O)[C@@H]1OCC[C@@H]1CNC(=O)OCC1c2ccccc2-c2ccccc21)C1CC1. The van der Waals surface area contributed by atoms with Gasteiger partial charge in [0.1, 0.15) is 12.7 Å². The average Bonchev–Trinajstić information content (AvgIpc) is 3.49. The zero-order valence-corrected chi connectivity index (χ0v) is 19.5. The second-order valence-electron chi connectivity index (χ2n) is 9.45. The standard InChI is InChI=1S/C27H30N2O6/c30-24(31)11-13-29(18-9-10-18)26(32)25-17(12-14-34-25)15-28-27(33)35-16-23-21-7-3-1-5-19(21)20-6-2-4-8-22(20)23/h1-8,17-18,23,25H,9-16H2,(H,28,33)(H,30,31)/t17-,25-/m1/s1. The fourth-order valence-electron chi connectivity index (χ4n) is 5.22. The van der Waals surface area contributed by atoms with Gasteiger partial charge in [-0.3, -0.25) is 9.59 Å². The summed E-state index contributed by atoms with van der Waals surface area (Å²) in [6, 6.07) is 16.4. The van der Waals surface area contributed by atoms with Crippen LogP contribution < -0.4 is 5.32 Å². The van der Waals surface area contributed by atoms with Gasteiger partial charge in [0, 0.05) is 37.6 Å². The van der Waals surface area contributed by atoms with Gasteiger partial charge in [-0.25, -0.2) is 4.79 Å². The number of hydrogen-bond donors (Lipinski definition) is 2. The highest BCUT2D eigenvalue weighted by Gasteiger charge is 2.41. The number of fused-ring (bicyclic) bond motifs is 3. The van der Waals surface area contributed by atoms with Gasteiger partial charge in [0.2, 0.25) is 0 Å². The van der Waals surface area contributed by atoms with Crippen molar-refractivity contribution in [3.63, 3.8) is 0 Å². The van der Waals surface area contributed by atoms with Crippen molar-refractivity contribution in [2.75, 3.05) is 26.3 Å².